The second kappa shape index (κ2) is 9.34. The first kappa shape index (κ1) is 17.4. The molecule has 0 saturated heterocycles. The predicted molar refractivity (Wildman–Crippen MR) is 77.5 cm³/mol. The van der Waals surface area contributed by atoms with Gasteiger partial charge in [0.05, 0.1) is 6.04 Å². The number of carbonyl (C=O) groups is 1. The van der Waals surface area contributed by atoms with Gasteiger partial charge in [-0.3, -0.25) is 4.79 Å². The molecular formula is C14H31N3O. The van der Waals surface area contributed by atoms with Crippen molar-refractivity contribution in [1.82, 2.24) is 9.80 Å². The zero-order valence-electron chi connectivity index (χ0n) is 12.8. The highest BCUT2D eigenvalue weighted by Gasteiger charge is 2.17. The quantitative estimate of drug-likeness (QED) is 0.638. The van der Waals surface area contributed by atoms with Crippen molar-refractivity contribution in [3.8, 4) is 0 Å². The van der Waals surface area contributed by atoms with E-state index in [-0.39, 0.29) is 11.9 Å². The van der Waals surface area contributed by atoms with Crippen molar-refractivity contribution in [2.75, 3.05) is 34.2 Å². The number of hydrogen-bond acceptors (Lipinski definition) is 3. The maximum Gasteiger partial charge on any atom is 0.239 e. The van der Waals surface area contributed by atoms with Crippen LogP contribution >= 0.6 is 0 Å². The molecule has 0 rings (SSSR count). The number of likely N-dealkylation sites (N-methyl/N-ethyl adjacent to an activating group) is 1. The Hall–Kier alpha value is -0.610. The number of nitrogens with zero attached hydrogens (tertiary/aromatic N) is 2. The van der Waals surface area contributed by atoms with Gasteiger partial charge < -0.3 is 15.5 Å². The van der Waals surface area contributed by atoms with Crippen LogP contribution in [0.5, 0.6) is 0 Å². The number of hydrogen-bond donors (Lipinski definition) is 1. The monoisotopic (exact) mass is 257 g/mol. The predicted octanol–water partition coefficient (Wildman–Crippen LogP) is 1.55. The smallest absolute Gasteiger partial charge is 0.239 e. The van der Waals surface area contributed by atoms with Gasteiger partial charge in [-0.2, -0.15) is 0 Å². The van der Waals surface area contributed by atoms with E-state index in [0.717, 1.165) is 38.8 Å². The lowest BCUT2D eigenvalue weighted by Gasteiger charge is -2.22. The summed E-state index contributed by atoms with van der Waals surface area (Å²) in [4.78, 5) is 15.9. The fraction of sp³-hybridized carbons (Fsp3) is 0.929. The van der Waals surface area contributed by atoms with Crippen molar-refractivity contribution >= 4 is 5.91 Å². The fourth-order valence-electron chi connectivity index (χ4n) is 1.76. The zero-order chi connectivity index (χ0) is 14.1. The molecule has 1 unspecified atom stereocenters. The van der Waals surface area contributed by atoms with E-state index in [1.54, 1.807) is 4.90 Å². The average molecular weight is 257 g/mol. The molecule has 4 nitrogen and oxygen atoms in total. The largest absolute Gasteiger partial charge is 0.344 e. The molecule has 0 bridgehead atoms. The Morgan fingerprint density at radius 3 is 2.17 bits per heavy atom. The third-order valence-electron chi connectivity index (χ3n) is 3.11. The second-order valence-corrected chi connectivity index (χ2v) is 5.85. The highest BCUT2D eigenvalue weighted by atomic mass is 16.2. The molecule has 0 saturated carbocycles. The summed E-state index contributed by atoms with van der Waals surface area (Å²) in [7, 11) is 5.97. The third-order valence-corrected chi connectivity index (χ3v) is 3.11. The van der Waals surface area contributed by atoms with Gasteiger partial charge in [-0.15, -0.1) is 0 Å². The van der Waals surface area contributed by atoms with Crippen molar-refractivity contribution in [1.29, 1.82) is 0 Å². The Labute approximate surface area is 113 Å². The van der Waals surface area contributed by atoms with Gasteiger partial charge in [0.1, 0.15) is 0 Å². The van der Waals surface area contributed by atoms with E-state index in [1.165, 1.54) is 0 Å². The Kier molecular flexibility index (Phi) is 9.02. The van der Waals surface area contributed by atoms with Crippen LogP contribution in [-0.4, -0.2) is 56.0 Å². The standard InChI is InChI=1S/C14H31N3O/c1-12(2)9-11-17(5)14(18)13(15)8-6-7-10-16(3)4/h12-13H,6-11,15H2,1-5H3. The summed E-state index contributed by atoms with van der Waals surface area (Å²) in [6.07, 6.45) is 3.95. The molecule has 0 aromatic carbocycles. The van der Waals surface area contributed by atoms with Gasteiger partial charge in [0, 0.05) is 13.6 Å². The van der Waals surface area contributed by atoms with E-state index in [9.17, 15) is 4.79 Å². The van der Waals surface area contributed by atoms with Crippen LogP contribution in [0.1, 0.15) is 39.5 Å². The molecule has 1 atom stereocenters. The summed E-state index contributed by atoms with van der Waals surface area (Å²) < 4.78 is 0. The van der Waals surface area contributed by atoms with Gasteiger partial charge in [-0.05, 0) is 45.8 Å². The summed E-state index contributed by atoms with van der Waals surface area (Å²) in [5, 5.41) is 0. The summed E-state index contributed by atoms with van der Waals surface area (Å²) >= 11 is 0. The van der Waals surface area contributed by atoms with Crippen molar-refractivity contribution in [2.45, 2.75) is 45.6 Å². The second-order valence-electron chi connectivity index (χ2n) is 5.85. The summed E-state index contributed by atoms with van der Waals surface area (Å²) in [6.45, 7) is 6.20. The minimum Gasteiger partial charge on any atom is -0.344 e. The Balaban J connectivity index is 3.80. The summed E-state index contributed by atoms with van der Waals surface area (Å²) in [5.41, 5.74) is 5.94. The maximum atomic E-state index is 12.0. The summed E-state index contributed by atoms with van der Waals surface area (Å²) in [6, 6.07) is -0.329. The van der Waals surface area contributed by atoms with Crippen LogP contribution in [0.4, 0.5) is 0 Å². The van der Waals surface area contributed by atoms with Crippen LogP contribution in [0.3, 0.4) is 0 Å². The van der Waals surface area contributed by atoms with Crippen LogP contribution in [0, 0.1) is 5.92 Å². The van der Waals surface area contributed by atoms with Crippen molar-refractivity contribution in [3.63, 3.8) is 0 Å². The van der Waals surface area contributed by atoms with Crippen LogP contribution < -0.4 is 5.73 Å². The van der Waals surface area contributed by atoms with Gasteiger partial charge >= 0.3 is 0 Å². The van der Waals surface area contributed by atoms with E-state index in [4.69, 9.17) is 5.73 Å². The Morgan fingerprint density at radius 1 is 1.06 bits per heavy atom. The molecule has 0 aliphatic heterocycles. The zero-order valence-corrected chi connectivity index (χ0v) is 12.8. The fourth-order valence-corrected chi connectivity index (χ4v) is 1.76. The summed E-state index contributed by atoms with van der Waals surface area (Å²) in [5.74, 6) is 0.706. The highest BCUT2D eigenvalue weighted by molar-refractivity contribution is 5.81. The van der Waals surface area contributed by atoms with E-state index in [2.05, 4.69) is 32.8 Å². The molecule has 0 heterocycles. The topological polar surface area (TPSA) is 49.6 Å². The van der Waals surface area contributed by atoms with E-state index >= 15 is 0 Å². The number of amides is 1. The van der Waals surface area contributed by atoms with E-state index in [0.29, 0.717) is 5.92 Å². The molecule has 108 valence electrons. The van der Waals surface area contributed by atoms with Crippen molar-refractivity contribution in [3.05, 3.63) is 0 Å². The lowest BCUT2D eigenvalue weighted by atomic mass is 10.1. The number of rotatable bonds is 9. The van der Waals surface area contributed by atoms with Gasteiger partial charge in [-0.1, -0.05) is 20.3 Å². The van der Waals surface area contributed by atoms with E-state index < -0.39 is 0 Å². The molecule has 0 aromatic rings. The molecule has 0 aromatic heterocycles. The SMILES string of the molecule is CC(C)CCN(C)C(=O)C(N)CCCCN(C)C. The normalized spacial score (nSPS) is 13.1. The van der Waals surface area contributed by atoms with Crippen LogP contribution in [0.15, 0.2) is 0 Å². The first-order valence-electron chi connectivity index (χ1n) is 7.00. The molecule has 0 spiro atoms. The molecule has 18 heavy (non-hydrogen) atoms. The van der Waals surface area contributed by atoms with Gasteiger partial charge in [0.25, 0.3) is 0 Å². The molecular weight excluding hydrogens is 226 g/mol. The van der Waals surface area contributed by atoms with Crippen LogP contribution in [0.25, 0.3) is 0 Å². The van der Waals surface area contributed by atoms with Gasteiger partial charge in [-0.25, -0.2) is 0 Å². The Bertz CT molecular complexity index is 229. The van der Waals surface area contributed by atoms with E-state index in [1.807, 2.05) is 7.05 Å². The van der Waals surface area contributed by atoms with Crippen molar-refractivity contribution < 1.29 is 4.79 Å². The Morgan fingerprint density at radius 2 is 1.67 bits per heavy atom. The molecule has 0 radical (unpaired) electrons. The lowest BCUT2D eigenvalue weighted by Crippen LogP contribution is -2.42. The lowest BCUT2D eigenvalue weighted by molar-refractivity contribution is -0.131. The minimum atomic E-state index is -0.329. The molecule has 4 heteroatoms. The molecule has 0 aliphatic rings. The maximum absolute atomic E-state index is 12.0. The highest BCUT2D eigenvalue weighted by Crippen LogP contribution is 2.05. The number of nitrogens with two attached hydrogens (primary N) is 1. The van der Waals surface area contributed by atoms with Crippen LogP contribution in [-0.2, 0) is 4.79 Å². The number of carbonyl (C=O) groups excluding carboxylic acids is 1. The first-order valence-corrected chi connectivity index (χ1v) is 7.00. The minimum absolute atomic E-state index is 0.0838. The van der Waals surface area contributed by atoms with Gasteiger partial charge in [0.2, 0.25) is 5.91 Å². The molecule has 0 fully saturated rings. The third kappa shape index (κ3) is 8.48. The first-order chi connectivity index (χ1) is 8.34. The van der Waals surface area contributed by atoms with Crippen LogP contribution in [0.2, 0.25) is 0 Å². The number of unbranched alkanes of at least 4 members (excludes halogenated alkanes) is 1. The average Bonchev–Trinajstić information content (AvgIpc) is 2.29. The molecule has 2 N–H and O–H groups in total. The molecule has 0 aliphatic carbocycles. The van der Waals surface area contributed by atoms with Crippen molar-refractivity contribution in [2.24, 2.45) is 11.7 Å². The molecule has 1 amide bonds. The van der Waals surface area contributed by atoms with Gasteiger partial charge in [0.15, 0.2) is 0 Å².